The van der Waals surface area contributed by atoms with Crippen LogP contribution in [-0.4, -0.2) is 16.1 Å². The summed E-state index contributed by atoms with van der Waals surface area (Å²) in [6.07, 6.45) is 3.32. The van der Waals surface area contributed by atoms with E-state index < -0.39 is 0 Å². The zero-order valence-electron chi connectivity index (χ0n) is 10.3. The maximum absolute atomic E-state index is 4.64. The van der Waals surface area contributed by atoms with E-state index >= 15 is 0 Å². The average Bonchev–Trinajstić information content (AvgIpc) is 2.76. The Balaban J connectivity index is 2.03. The van der Waals surface area contributed by atoms with Crippen LogP contribution in [0.25, 0.3) is 11.3 Å². The van der Waals surface area contributed by atoms with Gasteiger partial charge in [0.2, 0.25) is 5.95 Å². The van der Waals surface area contributed by atoms with Gasteiger partial charge in [-0.1, -0.05) is 12.1 Å². The van der Waals surface area contributed by atoms with E-state index in [0.717, 1.165) is 24.7 Å². The van der Waals surface area contributed by atoms with Crippen LogP contribution in [0.3, 0.4) is 0 Å². The van der Waals surface area contributed by atoms with Gasteiger partial charge in [-0.15, -0.1) is 0 Å². The summed E-state index contributed by atoms with van der Waals surface area (Å²) in [7, 11) is 0. The normalized spacial score (nSPS) is 14.2. The van der Waals surface area contributed by atoms with Crippen LogP contribution in [0.2, 0.25) is 0 Å². The Kier molecular flexibility index (Phi) is 2.39. The predicted octanol–water partition coefficient (Wildman–Crippen LogP) is 2.98. The van der Waals surface area contributed by atoms with Crippen LogP contribution in [0, 0.1) is 13.8 Å². The summed E-state index contributed by atoms with van der Waals surface area (Å²) in [5, 5.41) is 3.33. The smallest absolute Gasteiger partial charge is 0.203 e. The third kappa shape index (κ3) is 1.82. The van der Waals surface area contributed by atoms with Gasteiger partial charge in [0, 0.05) is 24.8 Å². The minimum absolute atomic E-state index is 1.00. The molecule has 0 atom stereocenters. The molecule has 0 aliphatic carbocycles. The fraction of sp³-hybridized carbons (Fsp3) is 0.357. The van der Waals surface area contributed by atoms with Crippen molar-refractivity contribution in [2.24, 2.45) is 0 Å². The topological polar surface area (TPSA) is 29.9 Å². The Bertz CT molecular complexity index is 531. The molecule has 0 radical (unpaired) electrons. The summed E-state index contributed by atoms with van der Waals surface area (Å²) in [5.41, 5.74) is 4.92. The maximum Gasteiger partial charge on any atom is 0.203 e. The monoisotopic (exact) mass is 227 g/mol. The van der Waals surface area contributed by atoms with Gasteiger partial charge in [-0.05, 0) is 37.5 Å². The lowest BCUT2D eigenvalue weighted by atomic mass is 10.0. The number of nitrogens with zero attached hydrogens (tertiary/aromatic N) is 2. The van der Waals surface area contributed by atoms with Crippen LogP contribution in [0.15, 0.2) is 24.4 Å². The van der Waals surface area contributed by atoms with E-state index in [2.05, 4.69) is 53.1 Å². The largest absolute Gasteiger partial charge is 0.356 e. The zero-order valence-corrected chi connectivity index (χ0v) is 10.3. The van der Waals surface area contributed by atoms with Gasteiger partial charge in [-0.25, -0.2) is 4.98 Å². The lowest BCUT2D eigenvalue weighted by Crippen LogP contribution is -2.16. The predicted molar refractivity (Wildman–Crippen MR) is 70.2 cm³/mol. The molecule has 1 aliphatic heterocycles. The zero-order chi connectivity index (χ0) is 11.8. The molecule has 1 aliphatic rings. The van der Waals surface area contributed by atoms with E-state index in [1.165, 1.54) is 23.1 Å². The number of imidazole rings is 1. The molecule has 2 aromatic rings. The van der Waals surface area contributed by atoms with Gasteiger partial charge in [-0.2, -0.15) is 0 Å². The lowest BCUT2D eigenvalue weighted by molar-refractivity contribution is 0.627. The quantitative estimate of drug-likeness (QED) is 0.811. The number of anilines is 1. The molecule has 17 heavy (non-hydrogen) atoms. The fourth-order valence-corrected chi connectivity index (χ4v) is 2.22. The van der Waals surface area contributed by atoms with Gasteiger partial charge in [0.1, 0.15) is 0 Å². The molecule has 0 unspecified atom stereocenters. The van der Waals surface area contributed by atoms with E-state index in [9.17, 15) is 0 Å². The van der Waals surface area contributed by atoms with Crippen LogP contribution < -0.4 is 5.32 Å². The molecule has 0 amide bonds. The summed E-state index contributed by atoms with van der Waals surface area (Å²) in [4.78, 5) is 4.64. The van der Waals surface area contributed by atoms with Gasteiger partial charge < -0.3 is 9.88 Å². The van der Waals surface area contributed by atoms with Gasteiger partial charge in [0.25, 0.3) is 0 Å². The van der Waals surface area contributed by atoms with Gasteiger partial charge in [-0.3, -0.25) is 0 Å². The Morgan fingerprint density at radius 1 is 1.24 bits per heavy atom. The molecule has 3 nitrogen and oxygen atoms in total. The summed E-state index contributed by atoms with van der Waals surface area (Å²) >= 11 is 0. The van der Waals surface area contributed by atoms with Crippen molar-refractivity contribution in [3.8, 4) is 11.3 Å². The number of rotatable bonds is 1. The van der Waals surface area contributed by atoms with Crippen molar-refractivity contribution in [1.82, 2.24) is 9.55 Å². The van der Waals surface area contributed by atoms with Crippen molar-refractivity contribution in [3.05, 3.63) is 35.5 Å². The fourth-order valence-electron chi connectivity index (χ4n) is 2.22. The Labute approximate surface area is 101 Å². The number of benzene rings is 1. The van der Waals surface area contributed by atoms with Gasteiger partial charge >= 0.3 is 0 Å². The van der Waals surface area contributed by atoms with Crippen LogP contribution in [0.1, 0.15) is 17.5 Å². The lowest BCUT2D eigenvalue weighted by Gasteiger charge is -2.14. The highest BCUT2D eigenvalue weighted by molar-refractivity contribution is 5.62. The van der Waals surface area contributed by atoms with Crippen molar-refractivity contribution in [2.75, 3.05) is 11.9 Å². The van der Waals surface area contributed by atoms with E-state index in [1.54, 1.807) is 0 Å². The standard InChI is InChI=1S/C14H17N3/c1-10-4-5-12(8-11(10)2)13-9-17-7-3-6-15-14(17)16-13/h4-5,8-9H,3,6-7H2,1-2H3,(H,15,16). The second-order valence-corrected chi connectivity index (χ2v) is 4.72. The number of aromatic nitrogens is 2. The highest BCUT2D eigenvalue weighted by Crippen LogP contribution is 2.24. The second-order valence-electron chi connectivity index (χ2n) is 4.72. The molecular formula is C14H17N3. The van der Waals surface area contributed by atoms with E-state index in [4.69, 9.17) is 0 Å². The highest BCUT2D eigenvalue weighted by Gasteiger charge is 2.12. The van der Waals surface area contributed by atoms with Crippen LogP contribution in [0.4, 0.5) is 5.95 Å². The molecule has 3 rings (SSSR count). The minimum Gasteiger partial charge on any atom is -0.356 e. The van der Waals surface area contributed by atoms with Gasteiger partial charge in [0.15, 0.2) is 0 Å². The summed E-state index contributed by atoms with van der Waals surface area (Å²) in [6.45, 7) is 6.38. The number of nitrogens with one attached hydrogen (secondary N) is 1. The van der Waals surface area contributed by atoms with Crippen molar-refractivity contribution in [1.29, 1.82) is 0 Å². The van der Waals surface area contributed by atoms with Crippen LogP contribution in [-0.2, 0) is 6.54 Å². The maximum atomic E-state index is 4.64. The first kappa shape index (κ1) is 10.4. The molecule has 1 N–H and O–H groups in total. The highest BCUT2D eigenvalue weighted by atomic mass is 15.2. The number of aryl methyl sites for hydroxylation is 3. The molecule has 0 saturated heterocycles. The molecule has 2 heterocycles. The average molecular weight is 227 g/mol. The number of fused-ring (bicyclic) bond motifs is 1. The van der Waals surface area contributed by atoms with E-state index in [0.29, 0.717) is 0 Å². The molecule has 1 aromatic heterocycles. The second kappa shape index (κ2) is 3.91. The third-order valence-electron chi connectivity index (χ3n) is 3.44. The Morgan fingerprint density at radius 2 is 2.12 bits per heavy atom. The van der Waals surface area contributed by atoms with E-state index in [1.807, 2.05) is 0 Å². The molecule has 0 saturated carbocycles. The molecule has 0 fully saturated rings. The number of hydrogen-bond donors (Lipinski definition) is 1. The minimum atomic E-state index is 1.00. The summed E-state index contributed by atoms with van der Waals surface area (Å²) < 4.78 is 2.20. The third-order valence-corrected chi connectivity index (χ3v) is 3.44. The molecular weight excluding hydrogens is 210 g/mol. The van der Waals surface area contributed by atoms with Crippen molar-refractivity contribution in [2.45, 2.75) is 26.8 Å². The van der Waals surface area contributed by atoms with Crippen LogP contribution in [0.5, 0.6) is 0 Å². The van der Waals surface area contributed by atoms with Crippen molar-refractivity contribution >= 4 is 5.95 Å². The van der Waals surface area contributed by atoms with Gasteiger partial charge in [0.05, 0.1) is 5.69 Å². The first-order chi connectivity index (χ1) is 8.24. The SMILES string of the molecule is Cc1ccc(-c2cn3c(n2)NCCC3)cc1C. The summed E-state index contributed by atoms with van der Waals surface area (Å²) in [5.74, 6) is 1.00. The Hall–Kier alpha value is -1.77. The molecule has 0 bridgehead atoms. The summed E-state index contributed by atoms with van der Waals surface area (Å²) in [6, 6.07) is 6.52. The van der Waals surface area contributed by atoms with Crippen molar-refractivity contribution < 1.29 is 0 Å². The molecule has 88 valence electrons. The van der Waals surface area contributed by atoms with Crippen LogP contribution >= 0.6 is 0 Å². The molecule has 3 heteroatoms. The van der Waals surface area contributed by atoms with Crippen molar-refractivity contribution in [3.63, 3.8) is 0 Å². The number of hydrogen-bond acceptors (Lipinski definition) is 2. The Morgan fingerprint density at radius 3 is 2.88 bits per heavy atom. The molecule has 1 aromatic carbocycles. The molecule has 0 spiro atoms. The van der Waals surface area contributed by atoms with E-state index in [-0.39, 0.29) is 0 Å². The first-order valence-corrected chi connectivity index (χ1v) is 6.13. The first-order valence-electron chi connectivity index (χ1n) is 6.13.